The summed E-state index contributed by atoms with van der Waals surface area (Å²) in [5, 5.41) is 8.57. The second-order valence-electron chi connectivity index (χ2n) is 8.69. The normalized spacial score (nSPS) is 11.2. The Morgan fingerprint density at radius 2 is 0.762 bits per heavy atom. The van der Waals surface area contributed by atoms with Gasteiger partial charge in [0.25, 0.3) is 0 Å². The lowest BCUT2D eigenvalue weighted by molar-refractivity contribution is -0.0242. The van der Waals surface area contributed by atoms with Crippen LogP contribution >= 0.6 is 0 Å². The van der Waals surface area contributed by atoms with Gasteiger partial charge in [0.05, 0.1) is 112 Å². The molecule has 0 bridgehead atoms. The number of aliphatic hydroxyl groups is 1. The summed E-state index contributed by atoms with van der Waals surface area (Å²) in [7, 11) is 0. The number of hydrogen-bond acceptors (Lipinski definition) is 11. The Balaban J connectivity index is 1.26. The molecule has 236 valence electrons. The van der Waals surface area contributed by atoms with Crippen LogP contribution in [0.15, 0.2) is 54.6 Å². The van der Waals surface area contributed by atoms with Crippen LogP contribution in [0.1, 0.15) is 15.9 Å². The number of carbonyl (C=O) groups excluding carboxylic acids is 1. The van der Waals surface area contributed by atoms with Crippen LogP contribution < -0.4 is 4.74 Å². The zero-order valence-corrected chi connectivity index (χ0v) is 24.5. The van der Waals surface area contributed by atoms with Crippen molar-refractivity contribution >= 4 is 5.78 Å². The van der Waals surface area contributed by atoms with Gasteiger partial charge in [0.2, 0.25) is 0 Å². The van der Waals surface area contributed by atoms with Crippen LogP contribution in [0, 0.1) is 0 Å². The molecule has 0 radical (unpaired) electrons. The fraction of sp³-hybridized carbons (Fsp3) is 0.581. The van der Waals surface area contributed by atoms with E-state index in [-0.39, 0.29) is 12.4 Å². The van der Waals surface area contributed by atoms with Gasteiger partial charge in [0.1, 0.15) is 12.4 Å². The minimum Gasteiger partial charge on any atom is -0.491 e. The third-order valence-electron chi connectivity index (χ3n) is 5.49. The molecule has 2 aromatic rings. The average molecular weight is 595 g/mol. The van der Waals surface area contributed by atoms with Gasteiger partial charge in [0, 0.05) is 11.1 Å². The molecule has 11 heteroatoms. The van der Waals surface area contributed by atoms with E-state index in [1.54, 1.807) is 36.4 Å². The summed E-state index contributed by atoms with van der Waals surface area (Å²) in [5.74, 6) is 0.677. The Morgan fingerprint density at radius 3 is 1.14 bits per heavy atom. The van der Waals surface area contributed by atoms with Crippen LogP contribution in [0.25, 0.3) is 0 Å². The first-order valence-electron chi connectivity index (χ1n) is 14.4. The van der Waals surface area contributed by atoms with Gasteiger partial charge < -0.3 is 47.7 Å². The molecule has 0 amide bonds. The van der Waals surface area contributed by atoms with Crippen molar-refractivity contribution in [1.82, 2.24) is 0 Å². The first-order valence-corrected chi connectivity index (χ1v) is 14.4. The first-order chi connectivity index (χ1) is 20.8. The molecule has 0 saturated carbocycles. The van der Waals surface area contributed by atoms with E-state index in [1.165, 1.54) is 0 Å². The zero-order valence-electron chi connectivity index (χ0n) is 24.5. The molecule has 0 fully saturated rings. The molecule has 0 spiro atoms. The summed E-state index contributed by atoms with van der Waals surface area (Å²) in [4.78, 5) is 12.4. The van der Waals surface area contributed by atoms with E-state index in [4.69, 9.17) is 47.7 Å². The number of ketones is 1. The van der Waals surface area contributed by atoms with Crippen molar-refractivity contribution < 1.29 is 52.5 Å². The molecule has 1 N–H and O–H groups in total. The van der Waals surface area contributed by atoms with Crippen molar-refractivity contribution in [2.45, 2.75) is 0 Å². The Labute approximate surface area is 248 Å². The van der Waals surface area contributed by atoms with Gasteiger partial charge in [-0.25, -0.2) is 0 Å². The molecule has 0 aromatic heterocycles. The van der Waals surface area contributed by atoms with Crippen molar-refractivity contribution in [3.8, 4) is 5.75 Å². The van der Waals surface area contributed by atoms with Crippen molar-refractivity contribution in [2.75, 3.05) is 119 Å². The van der Waals surface area contributed by atoms with E-state index in [1.807, 2.05) is 18.2 Å². The number of carbonyl (C=O) groups is 1. The SMILES string of the molecule is O=C(c1ccccc1)c1ccc(OCCOCCOCCOCCOCCOCCOCCOCCOCCO)cc1. The molecule has 0 atom stereocenters. The Morgan fingerprint density at radius 1 is 0.429 bits per heavy atom. The van der Waals surface area contributed by atoms with Crippen LogP contribution in [-0.2, 0) is 37.9 Å². The van der Waals surface area contributed by atoms with Crippen LogP contribution in [-0.4, -0.2) is 130 Å². The second-order valence-corrected chi connectivity index (χ2v) is 8.69. The molecule has 0 aliphatic rings. The van der Waals surface area contributed by atoms with Crippen molar-refractivity contribution in [2.24, 2.45) is 0 Å². The first kappa shape index (κ1) is 35.7. The van der Waals surface area contributed by atoms with E-state index in [0.717, 1.165) is 0 Å². The molecule has 0 heterocycles. The Hall–Kier alpha value is -2.45. The monoisotopic (exact) mass is 594 g/mol. The highest BCUT2D eigenvalue weighted by Gasteiger charge is 2.08. The van der Waals surface area contributed by atoms with Crippen LogP contribution in [0.5, 0.6) is 5.75 Å². The predicted molar refractivity (Wildman–Crippen MR) is 155 cm³/mol. The fourth-order valence-electron chi connectivity index (χ4n) is 3.38. The molecule has 2 aromatic carbocycles. The summed E-state index contributed by atoms with van der Waals surface area (Å²) in [6, 6.07) is 16.3. The second kappa shape index (κ2) is 26.2. The summed E-state index contributed by atoms with van der Waals surface area (Å²) < 4.78 is 48.8. The number of hydrogen-bond donors (Lipinski definition) is 1. The van der Waals surface area contributed by atoms with Gasteiger partial charge in [0.15, 0.2) is 5.78 Å². The summed E-state index contributed by atoms with van der Waals surface area (Å²) >= 11 is 0. The van der Waals surface area contributed by atoms with E-state index in [9.17, 15) is 4.79 Å². The standard InChI is InChI=1S/C31H46O11/c32-10-11-34-12-13-35-14-15-36-16-17-37-18-19-38-20-21-39-22-23-40-24-25-41-26-27-42-30-8-6-29(7-9-30)31(33)28-4-2-1-3-5-28/h1-9,32H,10-27H2. The summed E-state index contributed by atoms with van der Waals surface area (Å²) in [6.45, 7) is 8.06. The van der Waals surface area contributed by atoms with E-state index >= 15 is 0 Å². The summed E-state index contributed by atoms with van der Waals surface area (Å²) in [6.07, 6.45) is 0. The van der Waals surface area contributed by atoms with Crippen LogP contribution in [0.3, 0.4) is 0 Å². The molecule has 0 saturated heterocycles. The molecular weight excluding hydrogens is 548 g/mol. The fourth-order valence-corrected chi connectivity index (χ4v) is 3.38. The number of ether oxygens (including phenoxy) is 9. The van der Waals surface area contributed by atoms with Gasteiger partial charge in [-0.05, 0) is 24.3 Å². The van der Waals surface area contributed by atoms with Crippen LogP contribution in [0.4, 0.5) is 0 Å². The molecule has 11 nitrogen and oxygen atoms in total. The quantitative estimate of drug-likeness (QED) is 0.110. The van der Waals surface area contributed by atoms with Gasteiger partial charge >= 0.3 is 0 Å². The highest BCUT2D eigenvalue weighted by atomic mass is 16.6. The topological polar surface area (TPSA) is 120 Å². The lowest BCUT2D eigenvalue weighted by Gasteiger charge is -2.09. The molecule has 0 aliphatic carbocycles. The molecule has 0 aliphatic heterocycles. The van der Waals surface area contributed by atoms with E-state index in [2.05, 4.69) is 0 Å². The minimum atomic E-state index is -0.0125. The molecule has 0 unspecified atom stereocenters. The number of rotatable bonds is 29. The maximum Gasteiger partial charge on any atom is 0.193 e. The van der Waals surface area contributed by atoms with Gasteiger partial charge in [-0.3, -0.25) is 4.79 Å². The number of benzene rings is 2. The lowest BCUT2D eigenvalue weighted by atomic mass is 10.0. The van der Waals surface area contributed by atoms with Gasteiger partial charge in [-0.2, -0.15) is 0 Å². The average Bonchev–Trinajstić information content (AvgIpc) is 3.03. The molecule has 2 rings (SSSR count). The smallest absolute Gasteiger partial charge is 0.193 e. The Kier molecular flexibility index (Phi) is 22.3. The largest absolute Gasteiger partial charge is 0.491 e. The van der Waals surface area contributed by atoms with Crippen molar-refractivity contribution in [1.29, 1.82) is 0 Å². The van der Waals surface area contributed by atoms with E-state index < -0.39 is 0 Å². The maximum absolute atomic E-state index is 12.4. The highest BCUT2D eigenvalue weighted by molar-refractivity contribution is 6.08. The maximum atomic E-state index is 12.4. The van der Waals surface area contributed by atoms with Crippen molar-refractivity contribution in [3.05, 3.63) is 65.7 Å². The third-order valence-corrected chi connectivity index (χ3v) is 5.49. The summed E-state index contributed by atoms with van der Waals surface area (Å²) in [5.41, 5.74) is 1.29. The minimum absolute atomic E-state index is 0.0125. The Bertz CT molecular complexity index is 880. The van der Waals surface area contributed by atoms with Crippen LogP contribution in [0.2, 0.25) is 0 Å². The van der Waals surface area contributed by atoms with Gasteiger partial charge in [-0.1, -0.05) is 30.3 Å². The lowest BCUT2D eigenvalue weighted by Crippen LogP contribution is -2.15. The number of aliphatic hydroxyl groups excluding tert-OH is 1. The third kappa shape index (κ3) is 18.9. The highest BCUT2D eigenvalue weighted by Crippen LogP contribution is 2.15. The zero-order chi connectivity index (χ0) is 29.8. The van der Waals surface area contributed by atoms with E-state index in [0.29, 0.717) is 129 Å². The molecule has 42 heavy (non-hydrogen) atoms. The van der Waals surface area contributed by atoms with Gasteiger partial charge in [-0.15, -0.1) is 0 Å². The predicted octanol–water partition coefficient (Wildman–Crippen LogP) is 2.42. The molecular formula is C31H46O11. The van der Waals surface area contributed by atoms with Crippen molar-refractivity contribution in [3.63, 3.8) is 0 Å².